The number of fused-ring (bicyclic) bond motifs is 4. The maximum atomic E-state index is 12.9. The van der Waals surface area contributed by atoms with Gasteiger partial charge in [-0.25, -0.2) is 0 Å². The van der Waals surface area contributed by atoms with Crippen LogP contribution in [-0.4, -0.2) is 80.5 Å². The number of allylic oxidation sites excluding steroid dienone is 4. The molecule has 10 nitrogen and oxygen atoms in total. The molecule has 10 fully saturated rings. The maximum absolute atomic E-state index is 12.9. The standard InChI is InChI=1S/C34H50O6.C30H46O4.CH4/c1-20(35)38-22-18-31(8)24-11-10-23-28(3,4)25(37)12-15-33(23)19-34(24,33)17-16-30(31,7)27(22)32(9)14-13-26(40-32)29(5,6)39-21(2)36;1-24(2)19-8-9-20-27(6)16-18(31)23(28(7)12-11-22(34-28)25(3,4)33)26(27,5)14-15-30(20)17-29(19,30)13-10-21(24)32;/h12,15,22-24,26-27H,10-11,13-14,16-19H2,1-9H3;10,13,18-20,22-23,31,33H,8-9,11-12,14-17H2,1-7H3;1H4/t22-,23?,24?,26+,27?,30+,31-,32-,33+,34-;18-,19?,20?,22+,23?,26+,27-,28-,29+,30-;/m00./s1. The first kappa shape index (κ1) is 55.9. The van der Waals surface area contributed by atoms with Gasteiger partial charge in [-0.2, -0.15) is 0 Å². The van der Waals surface area contributed by atoms with Gasteiger partial charge in [-0.3, -0.25) is 19.2 Å². The Labute approximate surface area is 451 Å². The Morgan fingerprint density at radius 1 is 0.573 bits per heavy atom. The quantitative estimate of drug-likeness (QED) is 0.247. The zero-order chi connectivity index (χ0) is 54.1. The van der Waals surface area contributed by atoms with Crippen LogP contribution in [0, 0.1) is 89.7 Å². The normalized spacial score (nSPS) is 52.9. The number of carbonyl (C=O) groups is 4. The Kier molecular flexibility index (Phi) is 12.2. The summed E-state index contributed by atoms with van der Waals surface area (Å²) in [6.07, 6.45) is 24.0. The van der Waals surface area contributed by atoms with Crippen molar-refractivity contribution >= 4 is 23.5 Å². The summed E-state index contributed by atoms with van der Waals surface area (Å²) in [7, 11) is 0. The number of esters is 2. The smallest absolute Gasteiger partial charge is 0.303 e. The van der Waals surface area contributed by atoms with Crippen LogP contribution >= 0.6 is 0 Å². The van der Waals surface area contributed by atoms with Crippen molar-refractivity contribution in [1.82, 2.24) is 0 Å². The highest BCUT2D eigenvalue weighted by molar-refractivity contribution is 5.96. The highest BCUT2D eigenvalue weighted by atomic mass is 16.6. The Bertz CT molecular complexity index is 2480. The highest BCUT2D eigenvalue weighted by Gasteiger charge is 2.85. The molecule has 4 spiro atoms. The maximum Gasteiger partial charge on any atom is 0.303 e. The van der Waals surface area contributed by atoms with Crippen molar-refractivity contribution in [1.29, 1.82) is 0 Å². The second-order valence-electron chi connectivity index (χ2n) is 31.5. The van der Waals surface area contributed by atoms with Crippen LogP contribution in [0.3, 0.4) is 0 Å². The van der Waals surface area contributed by atoms with Crippen molar-refractivity contribution in [2.45, 2.75) is 268 Å². The number of aliphatic hydroxyl groups is 2. The molecule has 20 atom stereocenters. The second-order valence-corrected chi connectivity index (χ2v) is 31.5. The van der Waals surface area contributed by atoms with E-state index < -0.39 is 22.4 Å². The molecule has 8 saturated carbocycles. The summed E-state index contributed by atoms with van der Waals surface area (Å²) in [6, 6.07) is 0. The molecule has 0 bridgehead atoms. The van der Waals surface area contributed by atoms with Crippen molar-refractivity contribution < 1.29 is 48.3 Å². The van der Waals surface area contributed by atoms with Crippen molar-refractivity contribution in [3.63, 3.8) is 0 Å². The molecule has 0 aromatic carbocycles. The van der Waals surface area contributed by atoms with E-state index in [0.717, 1.165) is 77.0 Å². The molecule has 12 aliphatic rings. The zero-order valence-electron chi connectivity index (χ0n) is 48.6. The van der Waals surface area contributed by atoms with Crippen molar-refractivity contribution in [3.8, 4) is 0 Å². The number of ether oxygens (including phenoxy) is 4. The summed E-state index contributed by atoms with van der Waals surface area (Å²) in [4.78, 5) is 50.1. The topological polar surface area (TPSA) is 146 Å². The van der Waals surface area contributed by atoms with E-state index in [-0.39, 0.29) is 110 Å². The summed E-state index contributed by atoms with van der Waals surface area (Å²) in [6.45, 7) is 33.6. The fourth-order valence-corrected chi connectivity index (χ4v) is 23.4. The van der Waals surface area contributed by atoms with E-state index in [4.69, 9.17) is 18.9 Å². The average molecular weight is 1040 g/mol. The van der Waals surface area contributed by atoms with Gasteiger partial charge in [-0.15, -0.1) is 0 Å². The Hall–Kier alpha value is -2.40. The monoisotopic (exact) mass is 1040 g/mol. The summed E-state index contributed by atoms with van der Waals surface area (Å²) >= 11 is 0. The molecule has 420 valence electrons. The van der Waals surface area contributed by atoms with Crippen molar-refractivity contribution in [2.75, 3.05) is 0 Å². The molecule has 6 unspecified atom stereocenters. The van der Waals surface area contributed by atoms with Gasteiger partial charge in [0.05, 0.1) is 35.1 Å². The molecular formula is C65H100O10. The largest absolute Gasteiger partial charge is 0.462 e. The van der Waals surface area contributed by atoms with Gasteiger partial charge in [0.1, 0.15) is 11.7 Å². The number of hydrogen-bond acceptors (Lipinski definition) is 10. The predicted octanol–water partition coefficient (Wildman–Crippen LogP) is 12.7. The van der Waals surface area contributed by atoms with Crippen LogP contribution in [0.25, 0.3) is 0 Å². The molecular weight excluding hydrogens is 941 g/mol. The molecule has 10 heteroatoms. The van der Waals surface area contributed by atoms with Gasteiger partial charge in [0, 0.05) is 36.5 Å². The predicted molar refractivity (Wildman–Crippen MR) is 290 cm³/mol. The van der Waals surface area contributed by atoms with Gasteiger partial charge in [0.2, 0.25) is 0 Å². The van der Waals surface area contributed by atoms with E-state index in [1.807, 2.05) is 39.8 Å². The summed E-state index contributed by atoms with van der Waals surface area (Å²) < 4.78 is 25.5. The molecule has 0 aromatic heterocycles. The second kappa shape index (κ2) is 16.4. The van der Waals surface area contributed by atoms with E-state index in [9.17, 15) is 29.4 Å². The lowest BCUT2D eigenvalue weighted by Gasteiger charge is -2.62. The van der Waals surface area contributed by atoms with Gasteiger partial charge in [0.25, 0.3) is 0 Å². The van der Waals surface area contributed by atoms with Crippen molar-refractivity contribution in [2.24, 2.45) is 89.7 Å². The molecule has 10 aliphatic carbocycles. The first-order valence-corrected chi connectivity index (χ1v) is 29.6. The van der Waals surface area contributed by atoms with Gasteiger partial charge < -0.3 is 29.2 Å². The van der Waals surface area contributed by atoms with Gasteiger partial charge in [0.15, 0.2) is 11.6 Å². The van der Waals surface area contributed by atoms with E-state index in [1.165, 1.54) is 39.5 Å². The van der Waals surface area contributed by atoms with Gasteiger partial charge in [-0.05, 0) is 223 Å². The molecule has 0 amide bonds. The first-order chi connectivity index (χ1) is 34.0. The molecule has 2 N–H and O–H groups in total. The summed E-state index contributed by atoms with van der Waals surface area (Å²) in [5, 5.41) is 22.4. The lowest BCUT2D eigenvalue weighted by molar-refractivity contribution is -0.203. The lowest BCUT2D eigenvalue weighted by Crippen LogP contribution is -2.58. The number of hydrogen-bond donors (Lipinski definition) is 2. The number of rotatable bonds is 6. The molecule has 0 aromatic rings. The third kappa shape index (κ3) is 7.00. The molecule has 75 heavy (non-hydrogen) atoms. The zero-order valence-corrected chi connectivity index (χ0v) is 48.6. The summed E-state index contributed by atoms with van der Waals surface area (Å²) in [5.41, 5.74) is -2.25. The average Bonchev–Trinajstić information content (AvgIpc) is 3.87. The van der Waals surface area contributed by atoms with E-state index >= 15 is 0 Å². The van der Waals surface area contributed by atoms with Crippen LogP contribution in [0.1, 0.15) is 221 Å². The van der Waals surface area contributed by atoms with Crippen LogP contribution in [-0.2, 0) is 38.1 Å². The van der Waals surface area contributed by atoms with Crippen LogP contribution < -0.4 is 0 Å². The van der Waals surface area contributed by atoms with Crippen LogP contribution in [0.2, 0.25) is 0 Å². The van der Waals surface area contributed by atoms with E-state index in [2.05, 4.69) is 81.4 Å². The summed E-state index contributed by atoms with van der Waals surface area (Å²) in [5.74, 6) is 2.16. The first-order valence-electron chi connectivity index (χ1n) is 29.6. The van der Waals surface area contributed by atoms with Gasteiger partial charge in [-0.1, -0.05) is 75.0 Å². The third-order valence-electron chi connectivity index (χ3n) is 26.9. The number of aliphatic hydroxyl groups excluding tert-OH is 1. The molecule has 12 rings (SSSR count). The number of carbonyl (C=O) groups excluding carboxylic acids is 4. The molecule has 0 radical (unpaired) electrons. The molecule has 2 aliphatic heterocycles. The minimum absolute atomic E-state index is 0. The fraction of sp³-hybridized carbons (Fsp3) is 0.877. The Balaban J connectivity index is 0.000000171. The Morgan fingerprint density at radius 3 is 1.45 bits per heavy atom. The van der Waals surface area contributed by atoms with E-state index in [1.54, 1.807) is 0 Å². The lowest BCUT2D eigenvalue weighted by atomic mass is 9.42. The van der Waals surface area contributed by atoms with Gasteiger partial charge >= 0.3 is 11.9 Å². The van der Waals surface area contributed by atoms with E-state index in [0.29, 0.717) is 34.9 Å². The van der Waals surface area contributed by atoms with Crippen molar-refractivity contribution in [3.05, 3.63) is 24.3 Å². The minimum atomic E-state index is -0.863. The SMILES string of the molecule is C.CC(=O)O[C@H]1C[C@@]2(C)C3CCC4C(C)(C)C(=O)C=C[C@@]45C[C@@]35CC[C@]2(C)C1[C@]1(C)CC[C@H](C(C)(C)OC(C)=O)O1.CC1(C)C(=O)C=C[C@]23C[C@]24CC[C@]2(C)C([C@]5(C)CC[C@H](C(C)(C)O)O5)[C@@H](O)C[C@@]2(C)C4CCC13. The van der Waals surface area contributed by atoms with Crippen LogP contribution in [0.4, 0.5) is 0 Å². The third-order valence-corrected chi connectivity index (χ3v) is 26.9. The van der Waals surface area contributed by atoms with Crippen LogP contribution in [0.5, 0.6) is 0 Å². The Morgan fingerprint density at radius 2 is 1.00 bits per heavy atom. The molecule has 2 heterocycles. The minimum Gasteiger partial charge on any atom is -0.462 e. The van der Waals surface area contributed by atoms with Crippen LogP contribution in [0.15, 0.2) is 24.3 Å². The highest BCUT2D eigenvalue weighted by Crippen LogP contribution is 2.90. The number of ketones is 2. The fourth-order valence-electron chi connectivity index (χ4n) is 23.4. The molecule has 2 saturated heterocycles.